The van der Waals surface area contributed by atoms with E-state index in [9.17, 15) is 14.4 Å². The highest BCUT2D eigenvalue weighted by molar-refractivity contribution is 7.17. The Morgan fingerprint density at radius 2 is 1.88 bits per heavy atom. The molecule has 2 atom stereocenters. The molecule has 4 rings (SSSR count). The molecule has 6 nitrogen and oxygen atoms in total. The van der Waals surface area contributed by atoms with Gasteiger partial charge in [0.15, 0.2) is 0 Å². The minimum atomic E-state index is -0.982. The Kier molecular flexibility index (Phi) is 6.96. The second-order valence-corrected chi connectivity index (χ2v) is 10.2. The van der Waals surface area contributed by atoms with E-state index in [4.69, 9.17) is 16.7 Å². The summed E-state index contributed by atoms with van der Waals surface area (Å²) in [5.41, 5.74) is 0.532. The molecule has 8 heteroatoms. The van der Waals surface area contributed by atoms with Crippen molar-refractivity contribution in [2.75, 3.05) is 13.1 Å². The summed E-state index contributed by atoms with van der Waals surface area (Å²) in [6, 6.07) is 14.7. The van der Waals surface area contributed by atoms with Gasteiger partial charge in [-0.05, 0) is 50.5 Å². The maximum Gasteiger partial charge on any atom is 0.303 e. The molecule has 1 saturated heterocycles. The summed E-state index contributed by atoms with van der Waals surface area (Å²) in [7, 11) is 0. The number of likely N-dealkylation sites (tertiary alicyclic amines) is 1. The second-order valence-electron chi connectivity index (χ2n) is 8.85. The molecule has 0 spiro atoms. The Hall–Kier alpha value is -2.90. The third-order valence-corrected chi connectivity index (χ3v) is 7.92. The molecule has 0 bridgehead atoms. The van der Waals surface area contributed by atoms with Gasteiger partial charge in [-0.1, -0.05) is 41.9 Å². The van der Waals surface area contributed by atoms with Crippen molar-refractivity contribution in [3.63, 3.8) is 0 Å². The fourth-order valence-corrected chi connectivity index (χ4v) is 5.56. The minimum Gasteiger partial charge on any atom is -0.481 e. The first-order valence-corrected chi connectivity index (χ1v) is 12.5. The van der Waals surface area contributed by atoms with Crippen LogP contribution in [0.5, 0.6) is 0 Å². The number of halogens is 1. The Labute approximate surface area is 207 Å². The number of amides is 2. The smallest absolute Gasteiger partial charge is 0.303 e. The van der Waals surface area contributed by atoms with Crippen molar-refractivity contribution in [2.45, 2.75) is 44.7 Å². The summed E-state index contributed by atoms with van der Waals surface area (Å²) in [5.74, 6) is -1.22. The maximum absolute atomic E-state index is 13.9. The van der Waals surface area contributed by atoms with Crippen LogP contribution in [0, 0.1) is 0 Å². The van der Waals surface area contributed by atoms with Gasteiger partial charge in [0.1, 0.15) is 5.54 Å². The lowest BCUT2D eigenvalue weighted by atomic mass is 9.83. The van der Waals surface area contributed by atoms with Gasteiger partial charge in [-0.25, -0.2) is 0 Å². The van der Waals surface area contributed by atoms with Crippen molar-refractivity contribution >= 4 is 50.8 Å². The molecule has 178 valence electrons. The minimum absolute atomic E-state index is 0.0304. The Bertz CT molecular complexity index is 1230. The van der Waals surface area contributed by atoms with Gasteiger partial charge in [0, 0.05) is 40.0 Å². The van der Waals surface area contributed by atoms with Crippen LogP contribution in [0.3, 0.4) is 0 Å². The van der Waals surface area contributed by atoms with Gasteiger partial charge in [-0.2, -0.15) is 0 Å². The van der Waals surface area contributed by atoms with Gasteiger partial charge in [0.25, 0.3) is 5.91 Å². The number of carboxylic acid groups (broad SMARTS) is 1. The zero-order chi connectivity index (χ0) is 24.5. The third-order valence-electron chi connectivity index (χ3n) is 6.71. The van der Waals surface area contributed by atoms with Crippen LogP contribution >= 0.6 is 22.9 Å². The summed E-state index contributed by atoms with van der Waals surface area (Å²) in [5, 5.41) is 12.5. The number of hydrogen-bond donors (Lipinski definition) is 1. The number of aliphatic carboxylic acids is 1. The van der Waals surface area contributed by atoms with Crippen LogP contribution in [-0.2, 0) is 9.59 Å². The van der Waals surface area contributed by atoms with E-state index in [1.54, 1.807) is 21.9 Å². The van der Waals surface area contributed by atoms with E-state index in [0.29, 0.717) is 30.0 Å². The van der Waals surface area contributed by atoms with E-state index < -0.39 is 11.5 Å². The summed E-state index contributed by atoms with van der Waals surface area (Å²) in [6.45, 7) is 4.52. The van der Waals surface area contributed by atoms with E-state index in [-0.39, 0.29) is 30.8 Å². The molecule has 0 radical (unpaired) electrons. The molecular formula is C26H27ClN2O4S. The van der Waals surface area contributed by atoms with Crippen LogP contribution in [0.2, 0.25) is 5.02 Å². The summed E-state index contributed by atoms with van der Waals surface area (Å²) in [4.78, 5) is 41.9. The predicted octanol–water partition coefficient (Wildman–Crippen LogP) is 5.61. The average Bonchev–Trinajstić information content (AvgIpc) is 3.24. The van der Waals surface area contributed by atoms with Crippen LogP contribution in [0.1, 0.15) is 55.1 Å². The van der Waals surface area contributed by atoms with Crippen LogP contribution in [0.25, 0.3) is 10.1 Å². The number of nitrogens with zero attached hydrogens (tertiary/aromatic N) is 2. The molecule has 1 aliphatic heterocycles. The van der Waals surface area contributed by atoms with Crippen LogP contribution in [0.4, 0.5) is 0 Å². The quantitative estimate of drug-likeness (QED) is 0.437. The van der Waals surface area contributed by atoms with Gasteiger partial charge >= 0.3 is 5.97 Å². The first-order chi connectivity index (χ1) is 16.2. The first kappa shape index (κ1) is 24.2. The second kappa shape index (κ2) is 9.76. The van der Waals surface area contributed by atoms with Crippen LogP contribution < -0.4 is 0 Å². The highest BCUT2D eigenvalue weighted by Crippen LogP contribution is 2.38. The van der Waals surface area contributed by atoms with E-state index in [1.165, 1.54) is 11.3 Å². The normalized spacial score (nSPS) is 18.4. The Morgan fingerprint density at radius 3 is 2.53 bits per heavy atom. The van der Waals surface area contributed by atoms with E-state index in [1.807, 2.05) is 55.6 Å². The number of thiophene rings is 1. The summed E-state index contributed by atoms with van der Waals surface area (Å²) >= 11 is 7.55. The van der Waals surface area contributed by atoms with Crippen molar-refractivity contribution in [2.24, 2.45) is 0 Å². The molecule has 2 amide bonds. The lowest BCUT2D eigenvalue weighted by molar-refractivity contribution is -0.152. The molecule has 1 N–H and O–H groups in total. The Morgan fingerprint density at radius 1 is 1.18 bits per heavy atom. The molecule has 1 aliphatic rings. The average molecular weight is 499 g/mol. The molecular weight excluding hydrogens is 472 g/mol. The highest BCUT2D eigenvalue weighted by Gasteiger charge is 2.52. The molecule has 34 heavy (non-hydrogen) atoms. The summed E-state index contributed by atoms with van der Waals surface area (Å²) < 4.78 is 1.03. The van der Waals surface area contributed by atoms with Crippen molar-refractivity contribution < 1.29 is 19.5 Å². The number of benzene rings is 2. The molecule has 1 fully saturated rings. The number of carbonyl (C=O) groups excluding carboxylic acids is 2. The van der Waals surface area contributed by atoms with Gasteiger partial charge < -0.3 is 14.9 Å². The third kappa shape index (κ3) is 4.55. The van der Waals surface area contributed by atoms with E-state index in [0.717, 1.165) is 15.6 Å². The number of carbonyl (C=O) groups is 3. The fourth-order valence-electron chi connectivity index (χ4n) is 4.50. The zero-order valence-corrected chi connectivity index (χ0v) is 20.7. The van der Waals surface area contributed by atoms with E-state index in [2.05, 4.69) is 0 Å². The molecule has 0 saturated carbocycles. The van der Waals surface area contributed by atoms with Crippen molar-refractivity contribution in [3.8, 4) is 0 Å². The fraction of sp³-hybridized carbons (Fsp3) is 0.346. The van der Waals surface area contributed by atoms with Crippen molar-refractivity contribution in [1.29, 1.82) is 0 Å². The van der Waals surface area contributed by atoms with Gasteiger partial charge in [-0.3, -0.25) is 14.4 Å². The molecule has 2 heterocycles. The van der Waals surface area contributed by atoms with Gasteiger partial charge in [0.2, 0.25) is 5.91 Å². The Balaban J connectivity index is 1.60. The van der Waals surface area contributed by atoms with Gasteiger partial charge in [0.05, 0.1) is 11.6 Å². The molecule has 2 aromatic carbocycles. The topological polar surface area (TPSA) is 77.9 Å². The molecule has 1 aromatic heterocycles. The van der Waals surface area contributed by atoms with E-state index >= 15 is 0 Å². The number of carboxylic acids is 1. The van der Waals surface area contributed by atoms with Crippen molar-refractivity contribution in [1.82, 2.24) is 9.80 Å². The number of fused-ring (bicyclic) bond motifs is 1. The lowest BCUT2D eigenvalue weighted by Gasteiger charge is -2.51. The largest absolute Gasteiger partial charge is 0.481 e. The molecule has 3 aromatic rings. The number of hydrogen-bond acceptors (Lipinski definition) is 4. The first-order valence-electron chi connectivity index (χ1n) is 11.3. The molecule has 0 aliphatic carbocycles. The zero-order valence-electron chi connectivity index (χ0n) is 19.2. The van der Waals surface area contributed by atoms with Gasteiger partial charge in [-0.15, -0.1) is 11.3 Å². The lowest BCUT2D eigenvalue weighted by Crippen LogP contribution is -2.68. The maximum atomic E-state index is 13.9. The standard InChI is InChI=1S/C26H27ClN2O4S/c1-17(18-9-11-19(27)12-10-18)28(14-5-8-23(30)31)25(33)26(2)13-15-29(26)24(32)21-16-34-22-7-4-3-6-20(21)22/h3-4,6-7,9-12,16-17H,5,8,13-15H2,1-2H3,(H,30,31)/t17-,26-/m0/s1. The summed E-state index contributed by atoms with van der Waals surface area (Å²) in [6.07, 6.45) is 0.859. The van der Waals surface area contributed by atoms with Crippen LogP contribution in [-0.4, -0.2) is 51.3 Å². The van der Waals surface area contributed by atoms with Crippen molar-refractivity contribution in [3.05, 3.63) is 70.1 Å². The molecule has 0 unspecified atom stereocenters. The number of rotatable bonds is 8. The SMILES string of the molecule is C[C@@H](c1ccc(Cl)cc1)N(CCCC(=O)O)C(=O)[C@]1(C)CCN1C(=O)c1csc2ccccc12. The van der Waals surface area contributed by atoms with Crippen LogP contribution in [0.15, 0.2) is 53.9 Å². The highest BCUT2D eigenvalue weighted by atomic mass is 35.5. The monoisotopic (exact) mass is 498 g/mol. The predicted molar refractivity (Wildman–Crippen MR) is 134 cm³/mol.